The highest BCUT2D eigenvalue weighted by molar-refractivity contribution is 7.92. The fourth-order valence-electron chi connectivity index (χ4n) is 6.78. The average Bonchev–Trinajstić information content (AvgIpc) is 3.93. The highest BCUT2D eigenvalue weighted by Gasteiger charge is 2.50. The van der Waals surface area contributed by atoms with Gasteiger partial charge >= 0.3 is 6.03 Å². The molecule has 4 aromatic rings. The lowest BCUT2D eigenvalue weighted by Gasteiger charge is -2.41. The zero-order valence-corrected chi connectivity index (χ0v) is 28.6. The van der Waals surface area contributed by atoms with Crippen molar-refractivity contribution in [1.82, 2.24) is 20.2 Å². The van der Waals surface area contributed by atoms with Crippen molar-refractivity contribution in [2.45, 2.75) is 60.9 Å². The second-order valence-electron chi connectivity index (χ2n) is 13.4. The van der Waals surface area contributed by atoms with E-state index >= 15 is 0 Å². The summed E-state index contributed by atoms with van der Waals surface area (Å²) < 4.78 is 62.9. The lowest BCUT2D eigenvalue weighted by molar-refractivity contribution is 0.0985. The van der Waals surface area contributed by atoms with Crippen molar-refractivity contribution in [1.29, 1.82) is 0 Å². The molecule has 1 aromatic heterocycles. The van der Waals surface area contributed by atoms with Crippen LogP contribution in [0, 0.1) is 11.6 Å². The van der Waals surface area contributed by atoms with E-state index in [1.165, 1.54) is 0 Å². The van der Waals surface area contributed by atoms with Crippen LogP contribution in [0.4, 0.5) is 25.1 Å². The summed E-state index contributed by atoms with van der Waals surface area (Å²) in [7, 11) is -4.40. The maximum atomic E-state index is 14.8. The first-order chi connectivity index (χ1) is 24.1. The lowest BCUT2D eigenvalue weighted by Crippen LogP contribution is -2.48. The molecule has 3 heterocycles. The Morgan fingerprint density at radius 1 is 0.940 bits per heavy atom. The number of ether oxygens (including phenoxy) is 1. The van der Waals surface area contributed by atoms with Gasteiger partial charge in [0.05, 0.1) is 29.8 Å². The van der Waals surface area contributed by atoms with Crippen LogP contribution in [0.2, 0.25) is 0 Å². The van der Waals surface area contributed by atoms with Gasteiger partial charge in [-0.05, 0) is 74.6 Å². The molecule has 10 nitrogen and oxygen atoms in total. The van der Waals surface area contributed by atoms with Gasteiger partial charge in [0.2, 0.25) is 0 Å². The zero-order valence-electron chi connectivity index (χ0n) is 27.8. The molecule has 262 valence electrons. The molecule has 3 fully saturated rings. The number of hydrogen-bond acceptors (Lipinski definition) is 8. The molecule has 1 aliphatic carbocycles. The molecule has 0 unspecified atom stereocenters. The predicted molar refractivity (Wildman–Crippen MR) is 186 cm³/mol. The van der Waals surface area contributed by atoms with E-state index < -0.39 is 31.1 Å². The van der Waals surface area contributed by atoms with Crippen LogP contribution < -0.4 is 15.5 Å². The molecule has 0 bridgehead atoms. The van der Waals surface area contributed by atoms with Crippen molar-refractivity contribution < 1.29 is 26.7 Å². The van der Waals surface area contributed by atoms with Crippen molar-refractivity contribution in [3.63, 3.8) is 0 Å². The molecule has 3 aromatic carbocycles. The first-order valence-corrected chi connectivity index (χ1v) is 18.5. The van der Waals surface area contributed by atoms with Crippen molar-refractivity contribution in [2.24, 2.45) is 0 Å². The number of amides is 2. The molecule has 2 amide bonds. The van der Waals surface area contributed by atoms with Crippen molar-refractivity contribution in [3.05, 3.63) is 102 Å². The van der Waals surface area contributed by atoms with E-state index in [0.717, 1.165) is 30.5 Å². The number of aromatic nitrogens is 2. The Morgan fingerprint density at radius 2 is 1.64 bits per heavy atom. The van der Waals surface area contributed by atoms with Crippen LogP contribution in [0.15, 0.2) is 83.8 Å². The van der Waals surface area contributed by atoms with E-state index in [9.17, 15) is 22.0 Å². The Labute approximate surface area is 290 Å². The van der Waals surface area contributed by atoms with E-state index in [1.807, 2.05) is 37.3 Å². The lowest BCUT2D eigenvalue weighted by atomic mass is 9.91. The number of nitrogens with zero attached hydrogens (tertiary/aromatic N) is 4. The maximum absolute atomic E-state index is 14.8. The van der Waals surface area contributed by atoms with E-state index in [0.29, 0.717) is 68.4 Å². The quantitative estimate of drug-likeness (QED) is 0.222. The van der Waals surface area contributed by atoms with E-state index in [1.54, 1.807) is 30.3 Å². The topological polar surface area (TPSA) is 117 Å². The number of urea groups is 1. The summed E-state index contributed by atoms with van der Waals surface area (Å²) in [6.45, 7) is 4.96. The summed E-state index contributed by atoms with van der Waals surface area (Å²) in [5.41, 5.74) is 2.58. The van der Waals surface area contributed by atoms with E-state index in [2.05, 4.69) is 20.4 Å². The highest BCUT2D eigenvalue weighted by Crippen LogP contribution is 2.45. The number of rotatable bonds is 9. The van der Waals surface area contributed by atoms with Crippen LogP contribution in [-0.2, 0) is 25.9 Å². The number of morpholine rings is 1. The van der Waals surface area contributed by atoms with Crippen LogP contribution >= 0.6 is 0 Å². The van der Waals surface area contributed by atoms with Gasteiger partial charge in [0.1, 0.15) is 22.2 Å². The molecule has 1 saturated carbocycles. The fourth-order valence-corrected chi connectivity index (χ4v) is 8.87. The third-order valence-electron chi connectivity index (χ3n) is 9.73. The number of nitrogens with one attached hydrogen (secondary N) is 2. The summed E-state index contributed by atoms with van der Waals surface area (Å²) in [5.74, 6) is -1.09. The van der Waals surface area contributed by atoms with Gasteiger partial charge in [-0.3, -0.25) is 4.90 Å². The molecule has 3 aliphatic rings. The number of carbonyl (C=O) groups is 1. The Bertz CT molecular complexity index is 1930. The van der Waals surface area contributed by atoms with E-state index in [-0.39, 0.29) is 36.7 Å². The molecular formula is C37H40F2N6O4S. The van der Waals surface area contributed by atoms with Crippen LogP contribution in [-0.4, -0.2) is 74.2 Å². The SMILES string of the molecule is C[C@H]1COCCN1c1cc(C2(S(=O)(=O)c3cc(F)cc(F)c3)CCN(Cc3ccccc3)CC2)nc(-c2ccc(NC(=O)NC3CC3)cc2)n1. The molecule has 1 atom stereocenters. The molecular weight excluding hydrogens is 663 g/mol. The van der Waals surface area contributed by atoms with Gasteiger partial charge in [-0.2, -0.15) is 0 Å². The normalized spacial score (nSPS) is 19.6. The minimum Gasteiger partial charge on any atom is -0.377 e. The first-order valence-electron chi connectivity index (χ1n) is 17.0. The van der Waals surface area contributed by atoms with Crippen molar-refractivity contribution in [2.75, 3.05) is 43.1 Å². The van der Waals surface area contributed by atoms with Gasteiger partial charge in [-0.25, -0.2) is 32.0 Å². The summed E-state index contributed by atoms with van der Waals surface area (Å²) >= 11 is 0. The molecule has 0 radical (unpaired) electrons. The minimum absolute atomic E-state index is 0.0477. The summed E-state index contributed by atoms with van der Waals surface area (Å²) in [6, 6.07) is 21.1. The first kappa shape index (κ1) is 34.0. The van der Waals surface area contributed by atoms with Gasteiger partial charge in [-0.15, -0.1) is 0 Å². The number of benzene rings is 3. The third kappa shape index (κ3) is 7.21. The third-order valence-corrected chi connectivity index (χ3v) is 12.2. The molecule has 50 heavy (non-hydrogen) atoms. The number of hydrogen-bond donors (Lipinski definition) is 2. The molecule has 0 spiro atoms. The monoisotopic (exact) mass is 702 g/mol. The van der Waals surface area contributed by atoms with Crippen molar-refractivity contribution in [3.8, 4) is 11.4 Å². The van der Waals surface area contributed by atoms with Gasteiger partial charge in [0, 0.05) is 55.6 Å². The molecule has 7 rings (SSSR count). The smallest absolute Gasteiger partial charge is 0.319 e. The van der Waals surface area contributed by atoms with Crippen LogP contribution in [0.3, 0.4) is 0 Å². The Balaban J connectivity index is 1.31. The van der Waals surface area contributed by atoms with Gasteiger partial charge in [-0.1, -0.05) is 30.3 Å². The largest absolute Gasteiger partial charge is 0.377 e. The van der Waals surface area contributed by atoms with Crippen LogP contribution in [0.5, 0.6) is 0 Å². The molecule has 2 saturated heterocycles. The predicted octanol–water partition coefficient (Wildman–Crippen LogP) is 5.90. The van der Waals surface area contributed by atoms with Crippen molar-refractivity contribution >= 4 is 27.4 Å². The van der Waals surface area contributed by atoms with Gasteiger partial charge in [0.15, 0.2) is 15.7 Å². The second kappa shape index (κ2) is 14.0. The number of anilines is 2. The average molecular weight is 703 g/mol. The highest BCUT2D eigenvalue weighted by atomic mass is 32.2. The summed E-state index contributed by atoms with van der Waals surface area (Å²) in [6.07, 6.45) is 2.24. The summed E-state index contributed by atoms with van der Waals surface area (Å²) in [5, 5.41) is 5.74. The molecule has 13 heteroatoms. The summed E-state index contributed by atoms with van der Waals surface area (Å²) in [4.78, 5) is 26.0. The number of likely N-dealkylation sites (tertiary alicyclic amines) is 1. The standard InChI is InChI=1S/C37H40F2N6O4S/c1-25-24-49-18-17-45(25)34-22-33(42-35(43-34)27-7-9-30(10-8-27)40-36(46)41-31-11-12-31)37(50(47,48)32-20-28(38)19-29(39)21-32)13-15-44(16-14-37)23-26-5-3-2-4-6-26/h2-10,19-22,25,31H,11-18,23-24H2,1H3,(H2,40,41,46)/t25-/m0/s1. The van der Waals surface area contributed by atoms with Gasteiger partial charge in [0.25, 0.3) is 0 Å². The Kier molecular flexibility index (Phi) is 9.55. The molecule has 2 aliphatic heterocycles. The second-order valence-corrected chi connectivity index (χ2v) is 15.6. The fraction of sp³-hybridized carbons (Fsp3) is 0.378. The zero-order chi connectivity index (χ0) is 34.9. The molecule has 2 N–H and O–H groups in total. The van der Waals surface area contributed by atoms with E-state index in [4.69, 9.17) is 14.7 Å². The number of halogens is 2. The number of piperidine rings is 1. The number of carbonyl (C=O) groups excluding carboxylic acids is 1. The van der Waals surface area contributed by atoms with Gasteiger partial charge < -0.3 is 20.3 Å². The van der Waals surface area contributed by atoms with Crippen LogP contribution in [0.1, 0.15) is 43.9 Å². The Hall–Kier alpha value is -4.46. The Morgan fingerprint density at radius 3 is 2.30 bits per heavy atom. The number of sulfone groups is 1. The minimum atomic E-state index is -4.40. The maximum Gasteiger partial charge on any atom is 0.319 e. The van der Waals surface area contributed by atoms with Crippen LogP contribution in [0.25, 0.3) is 11.4 Å².